The summed E-state index contributed by atoms with van der Waals surface area (Å²) in [5.41, 5.74) is 3.14. The molecule has 4 rings (SSSR count). The van der Waals surface area contributed by atoms with Gasteiger partial charge in [0, 0.05) is 17.0 Å². The topological polar surface area (TPSA) is 83.6 Å². The van der Waals surface area contributed by atoms with Crippen molar-refractivity contribution in [3.05, 3.63) is 59.6 Å². The number of nitrogens with one attached hydrogen (secondary N) is 2. The van der Waals surface area contributed by atoms with Crippen LogP contribution in [0.25, 0.3) is 22.4 Å². The fraction of sp³-hybridized carbons (Fsp3) is 0.0588. The normalized spacial score (nSPS) is 10.8. The molecule has 1 aromatic carbocycles. The number of hydrogen-bond acceptors (Lipinski definition) is 5. The SMILES string of the molecule is O=C(Cc1ccccc1)Nc1nc(-c2n[nH]c3ncccc23)cs1. The van der Waals surface area contributed by atoms with Gasteiger partial charge in [-0.2, -0.15) is 5.10 Å². The fourth-order valence-electron chi connectivity index (χ4n) is 2.43. The maximum Gasteiger partial charge on any atom is 0.230 e. The average molecular weight is 335 g/mol. The van der Waals surface area contributed by atoms with Gasteiger partial charge in [-0.3, -0.25) is 9.89 Å². The van der Waals surface area contributed by atoms with Gasteiger partial charge in [0.15, 0.2) is 10.8 Å². The minimum Gasteiger partial charge on any atom is -0.302 e. The van der Waals surface area contributed by atoms with Crippen LogP contribution < -0.4 is 5.32 Å². The van der Waals surface area contributed by atoms with Crippen molar-refractivity contribution >= 4 is 33.4 Å². The number of fused-ring (bicyclic) bond motifs is 1. The van der Waals surface area contributed by atoms with Gasteiger partial charge in [0.2, 0.25) is 5.91 Å². The third-order valence-electron chi connectivity index (χ3n) is 3.54. The summed E-state index contributed by atoms with van der Waals surface area (Å²) in [7, 11) is 0. The van der Waals surface area contributed by atoms with E-state index < -0.39 is 0 Å². The molecule has 4 aromatic rings. The molecule has 0 bridgehead atoms. The van der Waals surface area contributed by atoms with Gasteiger partial charge in [-0.05, 0) is 17.7 Å². The third kappa shape index (κ3) is 2.89. The molecule has 7 heteroatoms. The lowest BCUT2D eigenvalue weighted by Crippen LogP contribution is -2.14. The van der Waals surface area contributed by atoms with Crippen molar-refractivity contribution in [1.29, 1.82) is 0 Å². The first-order valence-corrected chi connectivity index (χ1v) is 8.26. The van der Waals surface area contributed by atoms with Crippen molar-refractivity contribution in [2.24, 2.45) is 0 Å². The van der Waals surface area contributed by atoms with Crippen LogP contribution in [-0.2, 0) is 11.2 Å². The summed E-state index contributed by atoms with van der Waals surface area (Å²) in [5.74, 6) is -0.0874. The first-order valence-electron chi connectivity index (χ1n) is 7.38. The van der Waals surface area contributed by atoms with Crippen LogP contribution in [0.15, 0.2) is 54.0 Å². The summed E-state index contributed by atoms with van der Waals surface area (Å²) < 4.78 is 0. The van der Waals surface area contributed by atoms with Crippen LogP contribution >= 0.6 is 11.3 Å². The highest BCUT2D eigenvalue weighted by molar-refractivity contribution is 7.14. The zero-order chi connectivity index (χ0) is 16.4. The molecule has 118 valence electrons. The molecule has 0 aliphatic heterocycles. The van der Waals surface area contributed by atoms with E-state index in [1.807, 2.05) is 47.8 Å². The Morgan fingerprint density at radius 3 is 2.92 bits per heavy atom. The highest BCUT2D eigenvalue weighted by Crippen LogP contribution is 2.28. The molecule has 0 radical (unpaired) electrons. The smallest absolute Gasteiger partial charge is 0.230 e. The Hall–Kier alpha value is -3.06. The summed E-state index contributed by atoms with van der Waals surface area (Å²) >= 11 is 1.38. The molecular formula is C17H13N5OS. The molecule has 0 saturated heterocycles. The highest BCUT2D eigenvalue weighted by Gasteiger charge is 2.13. The van der Waals surface area contributed by atoms with E-state index in [1.54, 1.807) is 6.20 Å². The van der Waals surface area contributed by atoms with Gasteiger partial charge in [-0.25, -0.2) is 9.97 Å². The van der Waals surface area contributed by atoms with Gasteiger partial charge in [-0.15, -0.1) is 11.3 Å². The van der Waals surface area contributed by atoms with Gasteiger partial charge in [0.1, 0.15) is 11.4 Å². The number of anilines is 1. The molecule has 24 heavy (non-hydrogen) atoms. The van der Waals surface area contributed by atoms with Gasteiger partial charge < -0.3 is 5.32 Å². The van der Waals surface area contributed by atoms with E-state index in [0.29, 0.717) is 17.2 Å². The summed E-state index contributed by atoms with van der Waals surface area (Å²) in [6.45, 7) is 0. The Balaban J connectivity index is 1.52. The first kappa shape index (κ1) is 14.5. The molecular weight excluding hydrogens is 322 g/mol. The number of hydrogen-bond donors (Lipinski definition) is 2. The highest BCUT2D eigenvalue weighted by atomic mass is 32.1. The van der Waals surface area contributed by atoms with Gasteiger partial charge in [0.05, 0.1) is 6.42 Å². The van der Waals surface area contributed by atoms with Crippen LogP contribution in [0.1, 0.15) is 5.56 Å². The van der Waals surface area contributed by atoms with Gasteiger partial charge >= 0.3 is 0 Å². The van der Waals surface area contributed by atoms with E-state index in [-0.39, 0.29) is 5.91 Å². The summed E-state index contributed by atoms with van der Waals surface area (Å²) in [6, 6.07) is 13.4. The number of pyridine rings is 1. The molecule has 0 aliphatic rings. The number of H-pyrrole nitrogens is 1. The number of aromatic amines is 1. The molecule has 6 nitrogen and oxygen atoms in total. The minimum absolute atomic E-state index is 0.0874. The lowest BCUT2D eigenvalue weighted by Gasteiger charge is -2.01. The molecule has 0 aliphatic carbocycles. The maximum absolute atomic E-state index is 12.1. The van der Waals surface area contributed by atoms with Crippen molar-refractivity contribution in [3.63, 3.8) is 0 Å². The predicted molar refractivity (Wildman–Crippen MR) is 93.8 cm³/mol. The van der Waals surface area contributed by atoms with Crippen LogP contribution in [0.3, 0.4) is 0 Å². The molecule has 0 atom stereocenters. The Bertz CT molecular complexity index is 992. The second-order valence-corrected chi connectivity index (χ2v) is 6.08. The van der Waals surface area contributed by atoms with E-state index in [2.05, 4.69) is 25.5 Å². The third-order valence-corrected chi connectivity index (χ3v) is 4.29. The van der Waals surface area contributed by atoms with E-state index in [0.717, 1.165) is 22.3 Å². The van der Waals surface area contributed by atoms with Crippen LogP contribution in [0, 0.1) is 0 Å². The zero-order valence-electron chi connectivity index (χ0n) is 12.6. The van der Waals surface area contributed by atoms with Gasteiger partial charge in [0.25, 0.3) is 0 Å². The lowest BCUT2D eigenvalue weighted by atomic mass is 10.1. The van der Waals surface area contributed by atoms with E-state index in [1.165, 1.54) is 11.3 Å². The lowest BCUT2D eigenvalue weighted by molar-refractivity contribution is -0.115. The summed E-state index contributed by atoms with van der Waals surface area (Å²) in [4.78, 5) is 20.8. The maximum atomic E-state index is 12.1. The van der Waals surface area contributed by atoms with Crippen molar-refractivity contribution in [3.8, 4) is 11.4 Å². The van der Waals surface area contributed by atoms with Crippen molar-refractivity contribution in [1.82, 2.24) is 20.2 Å². The second-order valence-electron chi connectivity index (χ2n) is 5.22. The van der Waals surface area contributed by atoms with Crippen LogP contribution in [-0.4, -0.2) is 26.1 Å². The second kappa shape index (κ2) is 6.21. The van der Waals surface area contributed by atoms with Gasteiger partial charge in [-0.1, -0.05) is 30.3 Å². The molecule has 0 fully saturated rings. The Kier molecular flexibility index (Phi) is 3.76. The van der Waals surface area contributed by atoms with Crippen molar-refractivity contribution in [2.75, 3.05) is 5.32 Å². The number of rotatable bonds is 4. The summed E-state index contributed by atoms with van der Waals surface area (Å²) in [5, 5.41) is 13.3. The molecule has 1 amide bonds. The zero-order valence-corrected chi connectivity index (χ0v) is 13.4. The molecule has 0 saturated carbocycles. The molecule has 3 aromatic heterocycles. The quantitative estimate of drug-likeness (QED) is 0.599. The van der Waals surface area contributed by atoms with Crippen LogP contribution in [0.5, 0.6) is 0 Å². The molecule has 3 heterocycles. The fourth-order valence-corrected chi connectivity index (χ4v) is 3.15. The number of carbonyl (C=O) groups is 1. The summed E-state index contributed by atoms with van der Waals surface area (Å²) in [6.07, 6.45) is 2.03. The van der Waals surface area contributed by atoms with E-state index in [4.69, 9.17) is 0 Å². The Morgan fingerprint density at radius 2 is 2.04 bits per heavy atom. The minimum atomic E-state index is -0.0874. The number of aromatic nitrogens is 4. The predicted octanol–water partition coefficient (Wildman–Crippen LogP) is 3.26. The molecule has 0 spiro atoms. The Morgan fingerprint density at radius 1 is 1.17 bits per heavy atom. The monoisotopic (exact) mass is 335 g/mol. The number of benzene rings is 1. The largest absolute Gasteiger partial charge is 0.302 e. The van der Waals surface area contributed by atoms with E-state index >= 15 is 0 Å². The number of carbonyl (C=O) groups excluding carboxylic acids is 1. The molecule has 0 unspecified atom stereocenters. The number of amides is 1. The first-order chi connectivity index (χ1) is 11.8. The van der Waals surface area contributed by atoms with Crippen LogP contribution in [0.2, 0.25) is 0 Å². The average Bonchev–Trinajstić information content (AvgIpc) is 3.22. The van der Waals surface area contributed by atoms with Crippen molar-refractivity contribution < 1.29 is 4.79 Å². The number of nitrogens with zero attached hydrogens (tertiary/aromatic N) is 3. The number of thiazole rings is 1. The van der Waals surface area contributed by atoms with E-state index in [9.17, 15) is 4.79 Å². The molecule has 2 N–H and O–H groups in total. The van der Waals surface area contributed by atoms with Crippen LogP contribution in [0.4, 0.5) is 5.13 Å². The van der Waals surface area contributed by atoms with Crippen molar-refractivity contribution in [2.45, 2.75) is 6.42 Å². The standard InChI is InChI=1S/C17H13N5OS/c23-14(9-11-5-2-1-3-6-11)20-17-19-13(10-24-17)15-12-7-4-8-18-16(12)22-21-15/h1-8,10H,9H2,(H,18,21,22)(H,19,20,23). The Labute approximate surface area is 141 Å².